The van der Waals surface area contributed by atoms with Gasteiger partial charge < -0.3 is 15.0 Å². The lowest BCUT2D eigenvalue weighted by Gasteiger charge is -2.36. The molecule has 194 valence electrons. The summed E-state index contributed by atoms with van der Waals surface area (Å²) in [6, 6.07) is 10.4. The number of piperidine rings is 1. The van der Waals surface area contributed by atoms with Crippen LogP contribution in [0.25, 0.3) is 0 Å². The predicted molar refractivity (Wildman–Crippen MR) is 139 cm³/mol. The van der Waals surface area contributed by atoms with Crippen LogP contribution in [0.15, 0.2) is 41.3 Å². The van der Waals surface area contributed by atoms with E-state index in [1.807, 2.05) is 32.0 Å². The van der Waals surface area contributed by atoms with Crippen LogP contribution in [-0.4, -0.2) is 51.1 Å². The van der Waals surface area contributed by atoms with E-state index in [0.29, 0.717) is 43.8 Å². The van der Waals surface area contributed by atoms with Crippen molar-refractivity contribution in [2.24, 2.45) is 5.92 Å². The predicted octanol–water partition coefficient (Wildman–Crippen LogP) is 4.27. The molecule has 0 saturated carbocycles. The van der Waals surface area contributed by atoms with E-state index in [-0.39, 0.29) is 28.9 Å². The van der Waals surface area contributed by atoms with Crippen molar-refractivity contribution in [1.29, 1.82) is 0 Å². The average molecular weight is 514 g/mol. The van der Waals surface area contributed by atoms with Crippen molar-refractivity contribution in [2.45, 2.75) is 63.8 Å². The van der Waals surface area contributed by atoms with Gasteiger partial charge in [-0.3, -0.25) is 4.79 Å². The van der Waals surface area contributed by atoms with Crippen molar-refractivity contribution >= 4 is 27.7 Å². The van der Waals surface area contributed by atoms with E-state index < -0.39 is 10.0 Å². The Morgan fingerprint density at radius 2 is 1.81 bits per heavy atom. The molecule has 1 aliphatic heterocycles. The van der Waals surface area contributed by atoms with Gasteiger partial charge in [0.1, 0.15) is 0 Å². The first-order chi connectivity index (χ1) is 17.2. The molecule has 1 aliphatic carbocycles. The number of carbonyl (C=O) groups is 2. The number of benzene rings is 2. The lowest BCUT2D eigenvalue weighted by molar-refractivity contribution is 0.0846. The van der Waals surface area contributed by atoms with E-state index in [9.17, 15) is 18.0 Å². The normalized spacial score (nSPS) is 19.9. The molecule has 0 bridgehead atoms. The number of likely N-dealkylation sites (tertiary alicyclic amines) is 1. The number of amides is 2. The Balaban J connectivity index is 1.54. The molecule has 2 N–H and O–H groups in total. The number of rotatable bonds is 6. The van der Waals surface area contributed by atoms with Gasteiger partial charge in [-0.2, -0.15) is 0 Å². The van der Waals surface area contributed by atoms with Gasteiger partial charge in [-0.1, -0.05) is 25.1 Å². The Morgan fingerprint density at radius 3 is 2.50 bits per heavy atom. The molecule has 1 saturated heterocycles. The highest BCUT2D eigenvalue weighted by atomic mass is 32.2. The molecule has 1 fully saturated rings. The molecule has 0 spiro atoms. The van der Waals surface area contributed by atoms with Crippen molar-refractivity contribution in [3.05, 3.63) is 58.7 Å². The monoisotopic (exact) mass is 513 g/mol. The summed E-state index contributed by atoms with van der Waals surface area (Å²) >= 11 is 0. The van der Waals surface area contributed by atoms with E-state index in [2.05, 4.69) is 10.0 Å². The van der Waals surface area contributed by atoms with Gasteiger partial charge in [0.25, 0.3) is 5.91 Å². The first kappa shape index (κ1) is 26.2. The number of sulfonamides is 1. The van der Waals surface area contributed by atoms with Crippen LogP contribution in [0.2, 0.25) is 0 Å². The first-order valence-electron chi connectivity index (χ1n) is 12.7. The lowest BCUT2D eigenvalue weighted by Crippen LogP contribution is -2.51. The van der Waals surface area contributed by atoms with Crippen LogP contribution in [0.4, 0.5) is 10.5 Å². The minimum Gasteiger partial charge on any atom is -0.450 e. The second-order valence-corrected chi connectivity index (χ2v) is 11.4. The second-order valence-electron chi connectivity index (χ2n) is 9.68. The van der Waals surface area contributed by atoms with E-state index in [1.165, 1.54) is 0 Å². The molecule has 8 nitrogen and oxygen atoms in total. The van der Waals surface area contributed by atoms with E-state index in [1.54, 1.807) is 30.0 Å². The van der Waals surface area contributed by atoms with E-state index >= 15 is 0 Å². The summed E-state index contributed by atoms with van der Waals surface area (Å²) in [5.74, 6) is -0.252. The zero-order chi connectivity index (χ0) is 25.9. The standard InChI is InChI=1S/C27H35N3O5S/c1-4-35-27(32)30-16-15-23(19(3)17-30)29-36(33,34)25-14-13-24(21-11-7-8-12-22(21)25)28-26(31)20-10-6-5-9-18(20)2/h5-6,9-10,13-14,19,23,29H,4,7-8,11-12,15-17H2,1-3H3,(H,28,31)/t19-,23+/m0/s1. The van der Waals surface area contributed by atoms with Crippen molar-refractivity contribution in [1.82, 2.24) is 9.62 Å². The number of carbonyl (C=O) groups excluding carboxylic acids is 2. The summed E-state index contributed by atoms with van der Waals surface area (Å²) < 4.78 is 35.1. The van der Waals surface area contributed by atoms with Crippen LogP contribution in [0.3, 0.4) is 0 Å². The fourth-order valence-electron chi connectivity index (χ4n) is 5.18. The molecule has 2 aromatic carbocycles. The topological polar surface area (TPSA) is 105 Å². The third-order valence-electron chi connectivity index (χ3n) is 7.16. The number of nitrogens with one attached hydrogen (secondary N) is 2. The number of ether oxygens (including phenoxy) is 1. The van der Waals surface area contributed by atoms with Crippen molar-refractivity contribution < 1.29 is 22.7 Å². The number of fused-ring (bicyclic) bond motifs is 1. The van der Waals surface area contributed by atoms with Gasteiger partial charge in [0.05, 0.1) is 11.5 Å². The maximum atomic E-state index is 13.5. The molecule has 0 unspecified atom stereocenters. The lowest BCUT2D eigenvalue weighted by atomic mass is 9.90. The molecular formula is C27H35N3O5S. The first-order valence-corrected chi connectivity index (χ1v) is 14.1. The Hall–Kier alpha value is -2.91. The quantitative estimate of drug-likeness (QED) is 0.600. The minimum atomic E-state index is -3.78. The van der Waals surface area contributed by atoms with Crippen LogP contribution in [0.1, 0.15) is 60.2 Å². The van der Waals surface area contributed by atoms with Crippen LogP contribution >= 0.6 is 0 Å². The zero-order valence-corrected chi connectivity index (χ0v) is 22.0. The van der Waals surface area contributed by atoms with Gasteiger partial charge in [-0.05, 0) is 86.8 Å². The molecule has 2 atom stereocenters. The molecule has 4 rings (SSSR count). The minimum absolute atomic E-state index is 0.0542. The highest BCUT2D eigenvalue weighted by molar-refractivity contribution is 7.89. The summed E-state index contributed by atoms with van der Waals surface area (Å²) in [6.07, 6.45) is 3.38. The Bertz CT molecular complexity index is 1240. The molecule has 1 heterocycles. The number of hydrogen-bond donors (Lipinski definition) is 2. The molecule has 2 aromatic rings. The third-order valence-corrected chi connectivity index (χ3v) is 8.73. The molecule has 2 amide bonds. The van der Waals surface area contributed by atoms with Crippen molar-refractivity contribution in [3.8, 4) is 0 Å². The molecule has 36 heavy (non-hydrogen) atoms. The fourth-order valence-corrected chi connectivity index (χ4v) is 6.86. The number of aryl methyl sites for hydroxylation is 1. The van der Waals surface area contributed by atoms with Gasteiger partial charge in [-0.15, -0.1) is 0 Å². The molecule has 2 aliphatic rings. The number of hydrogen-bond acceptors (Lipinski definition) is 5. The highest BCUT2D eigenvalue weighted by Crippen LogP contribution is 2.34. The molecule has 9 heteroatoms. The van der Waals surface area contributed by atoms with Gasteiger partial charge in [0, 0.05) is 30.4 Å². The van der Waals surface area contributed by atoms with Crippen molar-refractivity contribution in [3.63, 3.8) is 0 Å². The van der Waals surface area contributed by atoms with Crippen LogP contribution in [0, 0.1) is 12.8 Å². The SMILES string of the molecule is CCOC(=O)N1CC[C@@H](NS(=O)(=O)c2ccc(NC(=O)c3ccccc3C)c3c2CCCC3)[C@@H](C)C1. The summed E-state index contributed by atoms with van der Waals surface area (Å²) in [4.78, 5) is 26.9. The maximum Gasteiger partial charge on any atom is 0.409 e. The Kier molecular flexibility index (Phi) is 8.00. The summed E-state index contributed by atoms with van der Waals surface area (Å²) in [5, 5.41) is 3.02. The van der Waals surface area contributed by atoms with E-state index in [4.69, 9.17) is 4.74 Å². The third kappa shape index (κ3) is 5.57. The smallest absolute Gasteiger partial charge is 0.409 e. The van der Waals surface area contributed by atoms with Gasteiger partial charge >= 0.3 is 6.09 Å². The Labute approximate surface area is 213 Å². The average Bonchev–Trinajstić information content (AvgIpc) is 2.85. The zero-order valence-electron chi connectivity index (χ0n) is 21.2. The van der Waals surface area contributed by atoms with Crippen molar-refractivity contribution in [2.75, 3.05) is 25.0 Å². The molecular weight excluding hydrogens is 478 g/mol. The van der Waals surface area contributed by atoms with Crippen LogP contribution in [-0.2, 0) is 27.6 Å². The highest BCUT2D eigenvalue weighted by Gasteiger charge is 2.34. The molecule has 0 radical (unpaired) electrons. The summed E-state index contributed by atoms with van der Waals surface area (Å²) in [7, 11) is -3.78. The fraction of sp³-hybridized carbons (Fsp3) is 0.481. The summed E-state index contributed by atoms with van der Waals surface area (Å²) in [6.45, 7) is 6.79. The largest absolute Gasteiger partial charge is 0.450 e. The van der Waals surface area contributed by atoms with Crippen LogP contribution in [0.5, 0.6) is 0 Å². The van der Waals surface area contributed by atoms with Crippen LogP contribution < -0.4 is 10.0 Å². The van der Waals surface area contributed by atoms with Gasteiger partial charge in [0.2, 0.25) is 10.0 Å². The second kappa shape index (κ2) is 11.0. The summed E-state index contributed by atoms with van der Waals surface area (Å²) in [5.41, 5.74) is 3.84. The van der Waals surface area contributed by atoms with Gasteiger partial charge in [0.15, 0.2) is 0 Å². The maximum absolute atomic E-state index is 13.5. The van der Waals surface area contributed by atoms with E-state index in [0.717, 1.165) is 36.0 Å². The number of anilines is 1. The van der Waals surface area contributed by atoms with Gasteiger partial charge in [-0.25, -0.2) is 17.9 Å². The molecule has 0 aromatic heterocycles. The number of nitrogens with zero attached hydrogens (tertiary/aromatic N) is 1. The Morgan fingerprint density at radius 1 is 1.08 bits per heavy atom.